The van der Waals surface area contributed by atoms with Crippen molar-refractivity contribution >= 4 is 11.8 Å². The topological polar surface area (TPSA) is 95.7 Å². The number of anilines is 1. The highest BCUT2D eigenvalue weighted by molar-refractivity contribution is 5.94. The summed E-state index contributed by atoms with van der Waals surface area (Å²) in [6.45, 7) is 2.10. The summed E-state index contributed by atoms with van der Waals surface area (Å²) in [4.78, 5) is 20.7. The molecule has 3 aromatic rings. The number of hydrogen-bond donors (Lipinski definition) is 0. The standard InChI is InChI=1S/C20H18N4O4/c1-26-15-5-2-4-14(12-15)19(25)23-7-9-24(10-8-23)20-16(13-21)22-18(28-20)17-6-3-11-27-17/h2-6,11-12H,7-10H2,1H3. The second-order valence-corrected chi connectivity index (χ2v) is 6.27. The average Bonchev–Trinajstić information content (AvgIpc) is 3.43. The van der Waals surface area contributed by atoms with E-state index >= 15 is 0 Å². The van der Waals surface area contributed by atoms with Gasteiger partial charge in [0.15, 0.2) is 5.76 Å². The lowest BCUT2D eigenvalue weighted by Crippen LogP contribution is -2.48. The molecule has 1 aliphatic heterocycles. The van der Waals surface area contributed by atoms with Crippen LogP contribution in [0.25, 0.3) is 11.7 Å². The molecule has 28 heavy (non-hydrogen) atoms. The molecule has 0 radical (unpaired) electrons. The van der Waals surface area contributed by atoms with Crippen molar-refractivity contribution in [2.24, 2.45) is 0 Å². The van der Waals surface area contributed by atoms with Gasteiger partial charge in [0.2, 0.25) is 11.6 Å². The lowest BCUT2D eigenvalue weighted by atomic mass is 10.1. The van der Waals surface area contributed by atoms with Gasteiger partial charge in [-0.25, -0.2) is 0 Å². The molecule has 0 saturated carbocycles. The third-order valence-electron chi connectivity index (χ3n) is 4.62. The van der Waals surface area contributed by atoms with Crippen molar-refractivity contribution in [3.63, 3.8) is 0 Å². The zero-order valence-electron chi connectivity index (χ0n) is 15.3. The number of methoxy groups -OCH3 is 1. The summed E-state index contributed by atoms with van der Waals surface area (Å²) in [6, 6.07) is 12.6. The molecule has 0 unspecified atom stereocenters. The van der Waals surface area contributed by atoms with Crippen LogP contribution >= 0.6 is 0 Å². The fourth-order valence-corrected chi connectivity index (χ4v) is 3.16. The number of nitriles is 1. The fourth-order valence-electron chi connectivity index (χ4n) is 3.16. The maximum atomic E-state index is 12.7. The predicted octanol–water partition coefficient (Wildman–Crippen LogP) is 2.78. The van der Waals surface area contributed by atoms with E-state index in [9.17, 15) is 10.1 Å². The van der Waals surface area contributed by atoms with Crippen LogP contribution < -0.4 is 9.64 Å². The van der Waals surface area contributed by atoms with Crippen molar-refractivity contribution in [2.75, 3.05) is 38.2 Å². The number of hydrogen-bond acceptors (Lipinski definition) is 7. The van der Waals surface area contributed by atoms with Crippen LogP contribution in [0.15, 0.2) is 51.5 Å². The van der Waals surface area contributed by atoms with Crippen LogP contribution in [-0.4, -0.2) is 49.1 Å². The van der Waals surface area contributed by atoms with Gasteiger partial charge in [-0.3, -0.25) is 4.79 Å². The average molecular weight is 378 g/mol. The Balaban J connectivity index is 1.47. The van der Waals surface area contributed by atoms with Gasteiger partial charge < -0.3 is 23.4 Å². The van der Waals surface area contributed by atoms with Gasteiger partial charge in [0.25, 0.3) is 11.8 Å². The SMILES string of the molecule is COc1cccc(C(=O)N2CCN(c3oc(-c4ccco4)nc3C#N)CC2)c1. The second kappa shape index (κ2) is 7.48. The van der Waals surface area contributed by atoms with Crippen LogP contribution in [0.1, 0.15) is 16.1 Å². The van der Waals surface area contributed by atoms with Crippen LogP contribution in [0, 0.1) is 11.3 Å². The Morgan fingerprint density at radius 2 is 2.04 bits per heavy atom. The van der Waals surface area contributed by atoms with Gasteiger partial charge in [-0.1, -0.05) is 6.07 Å². The zero-order chi connectivity index (χ0) is 19.5. The molecule has 0 N–H and O–H groups in total. The van der Waals surface area contributed by atoms with Crippen LogP contribution in [0.3, 0.4) is 0 Å². The van der Waals surface area contributed by atoms with Crippen molar-refractivity contribution in [3.8, 4) is 23.5 Å². The second-order valence-electron chi connectivity index (χ2n) is 6.27. The highest BCUT2D eigenvalue weighted by Gasteiger charge is 2.27. The number of furan rings is 1. The fraction of sp³-hybridized carbons (Fsp3) is 0.250. The number of aromatic nitrogens is 1. The van der Waals surface area contributed by atoms with E-state index in [0.29, 0.717) is 49.1 Å². The Bertz CT molecular complexity index is 1010. The Labute approximate surface area is 161 Å². The molecule has 1 fully saturated rings. The zero-order valence-corrected chi connectivity index (χ0v) is 15.3. The lowest BCUT2D eigenvalue weighted by Gasteiger charge is -2.34. The third-order valence-corrected chi connectivity index (χ3v) is 4.62. The Morgan fingerprint density at radius 1 is 1.21 bits per heavy atom. The third kappa shape index (κ3) is 3.30. The van der Waals surface area contributed by atoms with Gasteiger partial charge in [-0.15, -0.1) is 0 Å². The van der Waals surface area contributed by atoms with E-state index in [-0.39, 0.29) is 17.5 Å². The normalized spacial score (nSPS) is 14.0. The van der Waals surface area contributed by atoms with E-state index < -0.39 is 0 Å². The molecule has 4 rings (SSSR count). The maximum Gasteiger partial charge on any atom is 0.266 e. The molecule has 1 saturated heterocycles. The van der Waals surface area contributed by atoms with Crippen LogP contribution in [0.5, 0.6) is 5.75 Å². The number of piperazine rings is 1. The van der Waals surface area contributed by atoms with E-state index in [4.69, 9.17) is 13.6 Å². The summed E-state index contributed by atoms with van der Waals surface area (Å²) in [5, 5.41) is 9.39. The molecule has 1 aliphatic rings. The minimum atomic E-state index is -0.0482. The van der Waals surface area contributed by atoms with Crippen molar-refractivity contribution in [3.05, 3.63) is 53.9 Å². The van der Waals surface area contributed by atoms with Gasteiger partial charge in [0.1, 0.15) is 11.8 Å². The number of carbonyl (C=O) groups excluding carboxylic acids is 1. The quantitative estimate of drug-likeness (QED) is 0.689. The lowest BCUT2D eigenvalue weighted by molar-refractivity contribution is 0.0745. The molecule has 0 aliphatic carbocycles. The monoisotopic (exact) mass is 378 g/mol. The molecule has 3 heterocycles. The molecule has 0 bridgehead atoms. The van der Waals surface area contributed by atoms with E-state index in [0.717, 1.165) is 0 Å². The summed E-state index contributed by atoms with van der Waals surface area (Å²) in [5.74, 6) is 1.74. The largest absolute Gasteiger partial charge is 0.497 e. The summed E-state index contributed by atoms with van der Waals surface area (Å²) < 4.78 is 16.3. The van der Waals surface area contributed by atoms with Crippen molar-refractivity contribution in [2.45, 2.75) is 0 Å². The minimum Gasteiger partial charge on any atom is -0.497 e. The molecular formula is C20H18N4O4. The van der Waals surface area contributed by atoms with E-state index in [1.807, 2.05) is 4.90 Å². The smallest absolute Gasteiger partial charge is 0.266 e. The maximum absolute atomic E-state index is 12.7. The van der Waals surface area contributed by atoms with Gasteiger partial charge >= 0.3 is 0 Å². The number of ether oxygens (including phenoxy) is 1. The van der Waals surface area contributed by atoms with Crippen molar-refractivity contribution in [1.82, 2.24) is 9.88 Å². The van der Waals surface area contributed by atoms with Crippen molar-refractivity contribution < 1.29 is 18.4 Å². The number of carbonyl (C=O) groups is 1. The van der Waals surface area contributed by atoms with Crippen molar-refractivity contribution in [1.29, 1.82) is 5.26 Å². The molecule has 8 nitrogen and oxygen atoms in total. The molecule has 1 aromatic carbocycles. The molecular weight excluding hydrogens is 360 g/mol. The Kier molecular flexibility index (Phi) is 4.72. The highest BCUT2D eigenvalue weighted by atomic mass is 16.5. The molecule has 2 aromatic heterocycles. The first-order valence-electron chi connectivity index (χ1n) is 8.82. The van der Waals surface area contributed by atoms with E-state index in [1.165, 1.54) is 6.26 Å². The molecule has 0 atom stereocenters. The minimum absolute atomic E-state index is 0.0482. The van der Waals surface area contributed by atoms with E-state index in [1.54, 1.807) is 48.4 Å². The van der Waals surface area contributed by atoms with E-state index in [2.05, 4.69) is 11.1 Å². The van der Waals surface area contributed by atoms with Gasteiger partial charge in [0, 0.05) is 31.7 Å². The Morgan fingerprint density at radius 3 is 2.71 bits per heavy atom. The van der Waals surface area contributed by atoms with Gasteiger partial charge in [-0.05, 0) is 30.3 Å². The van der Waals surface area contributed by atoms with Gasteiger partial charge in [-0.2, -0.15) is 10.2 Å². The summed E-state index contributed by atoms with van der Waals surface area (Å²) in [6.07, 6.45) is 1.52. The summed E-state index contributed by atoms with van der Waals surface area (Å²) in [7, 11) is 1.57. The number of rotatable bonds is 4. The Hall–Kier alpha value is -3.73. The number of nitrogens with zero attached hydrogens (tertiary/aromatic N) is 4. The highest BCUT2D eigenvalue weighted by Crippen LogP contribution is 2.29. The molecule has 8 heteroatoms. The van der Waals surface area contributed by atoms with Crippen LogP contribution in [0.2, 0.25) is 0 Å². The first kappa shape index (κ1) is 17.7. The summed E-state index contributed by atoms with van der Waals surface area (Å²) in [5.41, 5.74) is 0.796. The first-order valence-corrected chi connectivity index (χ1v) is 8.82. The first-order chi connectivity index (χ1) is 13.7. The van der Waals surface area contributed by atoms with Crippen LogP contribution in [0.4, 0.5) is 5.88 Å². The molecule has 142 valence electrons. The number of benzene rings is 1. The predicted molar refractivity (Wildman–Crippen MR) is 100 cm³/mol. The molecule has 1 amide bonds. The van der Waals surface area contributed by atoms with Gasteiger partial charge in [0.05, 0.1) is 13.4 Å². The number of amides is 1. The van der Waals surface area contributed by atoms with Crippen LogP contribution in [-0.2, 0) is 0 Å². The number of oxazole rings is 1. The summed E-state index contributed by atoms with van der Waals surface area (Å²) >= 11 is 0. The molecule has 0 spiro atoms.